The molecule has 0 saturated heterocycles. The van der Waals surface area contributed by atoms with E-state index in [0.717, 1.165) is 0 Å². The van der Waals surface area contributed by atoms with Crippen molar-refractivity contribution in [2.45, 2.75) is 0 Å². The van der Waals surface area contributed by atoms with E-state index in [4.69, 9.17) is 19.4 Å². The Kier molecular flexibility index (Phi) is 21.1. The quantitative estimate of drug-likeness (QED) is 0.560. The van der Waals surface area contributed by atoms with Crippen LogP contribution in [0.1, 0.15) is 0 Å². The van der Waals surface area contributed by atoms with Gasteiger partial charge in [-0.1, -0.05) is 0 Å². The summed E-state index contributed by atoms with van der Waals surface area (Å²) in [6.45, 7) is 0. The molecule has 0 aliphatic rings. The Morgan fingerprint density at radius 3 is 1.25 bits per heavy atom. The van der Waals surface area contributed by atoms with Gasteiger partial charge < -0.3 is 0 Å². The number of halogens is 2. The Morgan fingerprint density at radius 1 is 1.25 bits per heavy atom. The molecule has 0 aromatic rings. The van der Waals surface area contributed by atoms with Crippen molar-refractivity contribution in [3.63, 3.8) is 0 Å². The van der Waals surface area contributed by atoms with E-state index in [1.165, 1.54) is 0 Å². The third-order valence-corrected chi connectivity index (χ3v) is 0. The molecule has 0 bridgehead atoms. The van der Waals surface area contributed by atoms with Gasteiger partial charge in [0.25, 0.3) is 0 Å². The zero-order valence-corrected chi connectivity index (χ0v) is 12.1. The molecule has 0 spiro atoms. The van der Waals surface area contributed by atoms with E-state index in [0.29, 0.717) is 0 Å². The first kappa shape index (κ1) is 9.45. The van der Waals surface area contributed by atoms with Gasteiger partial charge in [0, 0.05) is 0 Å². The van der Waals surface area contributed by atoms with Crippen LogP contribution >= 0.6 is 19.4 Å². The van der Waals surface area contributed by atoms with Crippen molar-refractivity contribution in [2.24, 2.45) is 0 Å². The first-order valence-electron chi connectivity index (χ1n) is 0.535. The fraction of sp³-hybridized carbons (Fsp3) is 0. The summed E-state index contributed by atoms with van der Waals surface area (Å²) in [5, 5.41) is 0. The van der Waals surface area contributed by atoms with Crippen LogP contribution in [0.2, 0.25) is 0 Å². The first-order valence-corrected chi connectivity index (χ1v) is 8.33. The van der Waals surface area contributed by atoms with Gasteiger partial charge in [-0.25, -0.2) is 0 Å². The van der Waals surface area contributed by atoms with E-state index in [1.807, 2.05) is 0 Å². The third-order valence-electron chi connectivity index (χ3n) is 0. The second-order valence-corrected chi connectivity index (χ2v) is 4.72. The fourth-order valence-corrected chi connectivity index (χ4v) is 0. The van der Waals surface area contributed by atoms with Gasteiger partial charge in [0.2, 0.25) is 0 Å². The van der Waals surface area contributed by atoms with E-state index in [1.54, 1.807) is 0 Å². The molecule has 0 rings (SSSR count). The summed E-state index contributed by atoms with van der Waals surface area (Å²) < 4.78 is 0. The van der Waals surface area contributed by atoms with Gasteiger partial charge in [-0.15, -0.1) is 0 Å². The summed E-state index contributed by atoms with van der Waals surface area (Å²) in [4.78, 5) is 0. The van der Waals surface area contributed by atoms with Gasteiger partial charge in [-0.05, 0) is 0 Å². The molecule has 22 valence electrons. The molecule has 2 radical (unpaired) electrons. The molecule has 0 fully saturated rings. The molecule has 4 heavy (non-hydrogen) atoms. The predicted molar refractivity (Wildman–Crippen MR) is 20.2 cm³/mol. The zero-order valence-electron chi connectivity index (χ0n) is 2.17. The van der Waals surface area contributed by atoms with Crippen LogP contribution in [-0.2, 0) is 15.1 Å². The number of hydrogen-bond acceptors (Lipinski definition) is 0. The Hall–Kier alpha value is 2.13. The molecule has 0 nitrogen and oxygen atoms in total. The monoisotopic (exact) mass is 344 g/mol. The molecule has 0 saturated carbocycles. The molecular weight excluding hydrogens is 343 g/mol. The van der Waals surface area contributed by atoms with Crippen LogP contribution in [0.15, 0.2) is 0 Å². The molecule has 0 heterocycles. The van der Waals surface area contributed by atoms with E-state index >= 15 is 0 Å². The van der Waals surface area contributed by atoms with Crippen molar-refractivity contribution < 1.29 is 15.1 Å². The van der Waals surface area contributed by atoms with Crippen molar-refractivity contribution in [1.82, 2.24) is 0 Å². The van der Waals surface area contributed by atoms with E-state index < -0.39 is 15.1 Å². The van der Waals surface area contributed by atoms with Crippen LogP contribution in [0.25, 0.3) is 0 Å². The van der Waals surface area contributed by atoms with E-state index in [9.17, 15) is 0 Å². The summed E-state index contributed by atoms with van der Waals surface area (Å²) in [6.07, 6.45) is 0. The van der Waals surface area contributed by atoms with Gasteiger partial charge in [-0.3, -0.25) is 0 Å². The predicted octanol–water partition coefficient (Wildman–Crippen LogP) is 0.460. The summed E-state index contributed by atoms with van der Waals surface area (Å²) in [5.41, 5.74) is 0. The van der Waals surface area contributed by atoms with Crippen LogP contribution in [0.4, 0.5) is 0 Å². The van der Waals surface area contributed by atoms with Gasteiger partial charge in [0.05, 0.1) is 0 Å². The minimum absolute atomic E-state index is 0. The summed E-state index contributed by atoms with van der Waals surface area (Å²) in [7, 11) is 9.90. The van der Waals surface area contributed by atoms with Gasteiger partial charge >= 0.3 is 61.8 Å². The Bertz CT molecular complexity index is 6.00. The van der Waals surface area contributed by atoms with Crippen LogP contribution in [-0.4, -0.2) is 27.3 Å². The zero-order chi connectivity index (χ0) is 2.71. The Labute approximate surface area is 61.1 Å². The molecule has 0 unspecified atom stereocenters. The van der Waals surface area contributed by atoms with Gasteiger partial charge in [-0.2, -0.15) is 0 Å². The average molecular weight is 346 g/mol. The van der Waals surface area contributed by atoms with Gasteiger partial charge in [0.15, 0.2) is 0 Å². The van der Waals surface area contributed by atoms with Crippen LogP contribution in [0, 0.1) is 0 Å². The van der Waals surface area contributed by atoms with Crippen molar-refractivity contribution in [3.05, 3.63) is 0 Å². The molecule has 0 atom stereocenters. The maximum absolute atomic E-state index is 4.95. The van der Waals surface area contributed by atoms with E-state index in [2.05, 4.69) is 0 Å². The second kappa shape index (κ2) is 8.93. The maximum atomic E-state index is 4.95. The van der Waals surface area contributed by atoms with Crippen LogP contribution in [0.3, 0.4) is 0 Å². The normalized spacial score (nSPS) is 2.50. The minimum atomic E-state index is -0.931. The number of rotatable bonds is 0. The standard InChI is InChI=1S/2ClH.Pb.Zn.2H/h2*1H;;;;/q;;;+2;;/p-2. The molecule has 0 aliphatic heterocycles. The molecule has 0 aromatic heterocycles. The molecule has 0 amide bonds. The average Bonchev–Trinajstić information content (AvgIpc) is 0.918. The van der Waals surface area contributed by atoms with Crippen molar-refractivity contribution in [3.8, 4) is 0 Å². The third kappa shape index (κ3) is 8.92. The Morgan fingerprint density at radius 2 is 1.25 bits per heavy atom. The molecular formula is H2Cl2PbZn. The summed E-state index contributed by atoms with van der Waals surface area (Å²) in [5.74, 6) is 0. The molecule has 0 aromatic carbocycles. The van der Waals surface area contributed by atoms with Crippen LogP contribution in [0.5, 0.6) is 0 Å². The van der Waals surface area contributed by atoms with Crippen molar-refractivity contribution in [1.29, 1.82) is 0 Å². The molecule has 4 heteroatoms. The van der Waals surface area contributed by atoms with Crippen LogP contribution < -0.4 is 0 Å². The topological polar surface area (TPSA) is 0 Å². The fourth-order valence-electron chi connectivity index (χ4n) is 0. The second-order valence-electron chi connectivity index (χ2n) is 0.101. The summed E-state index contributed by atoms with van der Waals surface area (Å²) >= 11 is -0.931. The van der Waals surface area contributed by atoms with Gasteiger partial charge in [0.1, 0.15) is 0 Å². The van der Waals surface area contributed by atoms with E-state index in [-0.39, 0.29) is 27.3 Å². The number of hydrogen-bond donors (Lipinski definition) is 0. The molecule has 0 N–H and O–H groups in total. The Balaban J connectivity index is 0. The van der Waals surface area contributed by atoms with Crippen molar-refractivity contribution >= 4 is 46.7 Å². The molecule has 0 aliphatic carbocycles. The SMILES string of the molecule is [Cl][Zn][Cl].[PbH2]. The summed E-state index contributed by atoms with van der Waals surface area (Å²) in [6, 6.07) is 0. The first-order chi connectivity index (χ1) is 1.41. The van der Waals surface area contributed by atoms with Crippen molar-refractivity contribution in [2.75, 3.05) is 0 Å².